The van der Waals surface area contributed by atoms with E-state index in [1.807, 2.05) is 7.05 Å². The highest BCUT2D eigenvalue weighted by Crippen LogP contribution is 2.23. The van der Waals surface area contributed by atoms with E-state index >= 15 is 0 Å². The number of aliphatic hydroxyl groups excluding tert-OH is 1. The van der Waals surface area contributed by atoms with E-state index in [2.05, 4.69) is 17.1 Å². The Balaban J connectivity index is 2.34. The second-order valence-corrected chi connectivity index (χ2v) is 4.82. The third-order valence-electron chi connectivity index (χ3n) is 3.33. The van der Waals surface area contributed by atoms with Crippen molar-refractivity contribution in [2.24, 2.45) is 5.92 Å². The predicted octanol–water partition coefficient (Wildman–Crippen LogP) is 1.08. The van der Waals surface area contributed by atoms with Gasteiger partial charge in [-0.1, -0.05) is 19.8 Å². The molecule has 1 aliphatic rings. The molecule has 1 rings (SSSR count). The van der Waals surface area contributed by atoms with Gasteiger partial charge in [-0.25, -0.2) is 0 Å². The van der Waals surface area contributed by atoms with Crippen LogP contribution in [0.1, 0.15) is 32.6 Å². The summed E-state index contributed by atoms with van der Waals surface area (Å²) >= 11 is 0. The lowest BCUT2D eigenvalue weighted by Crippen LogP contribution is -2.40. The Morgan fingerprint density at radius 2 is 2.07 bits per heavy atom. The van der Waals surface area contributed by atoms with E-state index in [1.165, 1.54) is 25.7 Å². The van der Waals surface area contributed by atoms with Gasteiger partial charge in [0.15, 0.2) is 0 Å². The summed E-state index contributed by atoms with van der Waals surface area (Å²) in [4.78, 5) is 2.48. The Bertz CT molecular complexity index is 158. The Labute approximate surface area is 93.9 Å². The number of nitrogens with one attached hydrogen (secondary N) is 1. The van der Waals surface area contributed by atoms with Crippen molar-refractivity contribution < 1.29 is 5.11 Å². The van der Waals surface area contributed by atoms with Crippen LogP contribution in [0.5, 0.6) is 0 Å². The summed E-state index contributed by atoms with van der Waals surface area (Å²) in [5.74, 6) is 0.669. The van der Waals surface area contributed by atoms with Crippen molar-refractivity contribution in [3.8, 4) is 0 Å². The fraction of sp³-hybridized carbons (Fsp3) is 1.00. The van der Waals surface area contributed by atoms with Gasteiger partial charge in [-0.15, -0.1) is 0 Å². The summed E-state index contributed by atoms with van der Waals surface area (Å²) in [6.07, 6.45) is 5.39. The summed E-state index contributed by atoms with van der Waals surface area (Å²) in [7, 11) is 2.00. The number of nitrogens with zero attached hydrogens (tertiary/aromatic N) is 1. The fourth-order valence-electron chi connectivity index (χ4n) is 2.63. The highest BCUT2D eigenvalue weighted by Gasteiger charge is 2.22. The topological polar surface area (TPSA) is 35.5 Å². The first-order valence-corrected chi connectivity index (χ1v) is 6.27. The predicted molar refractivity (Wildman–Crippen MR) is 64.0 cm³/mol. The summed E-state index contributed by atoms with van der Waals surface area (Å²) in [6.45, 7) is 5.60. The molecule has 1 atom stereocenters. The van der Waals surface area contributed by atoms with Crippen LogP contribution in [-0.2, 0) is 0 Å². The van der Waals surface area contributed by atoms with E-state index in [0.29, 0.717) is 12.5 Å². The van der Waals surface area contributed by atoms with Crippen LogP contribution in [0.2, 0.25) is 0 Å². The first kappa shape index (κ1) is 12.9. The van der Waals surface area contributed by atoms with E-state index in [-0.39, 0.29) is 0 Å². The van der Waals surface area contributed by atoms with Gasteiger partial charge in [-0.05, 0) is 32.4 Å². The third-order valence-corrected chi connectivity index (χ3v) is 3.33. The van der Waals surface area contributed by atoms with Crippen molar-refractivity contribution in [3.63, 3.8) is 0 Å². The first-order chi connectivity index (χ1) is 7.27. The van der Waals surface area contributed by atoms with Gasteiger partial charge >= 0.3 is 0 Å². The van der Waals surface area contributed by atoms with Gasteiger partial charge in [-0.3, -0.25) is 4.90 Å². The van der Waals surface area contributed by atoms with Crippen LogP contribution in [0.25, 0.3) is 0 Å². The van der Waals surface area contributed by atoms with E-state index in [4.69, 9.17) is 5.11 Å². The molecule has 0 aromatic carbocycles. The molecule has 90 valence electrons. The molecule has 2 N–H and O–H groups in total. The molecule has 0 spiro atoms. The zero-order valence-electron chi connectivity index (χ0n) is 10.2. The molecule has 0 aromatic rings. The minimum Gasteiger partial charge on any atom is -0.395 e. The molecular formula is C12H26N2O. The zero-order chi connectivity index (χ0) is 11.1. The molecule has 1 saturated carbocycles. The Morgan fingerprint density at radius 1 is 1.40 bits per heavy atom. The average Bonchev–Trinajstić information content (AvgIpc) is 2.70. The van der Waals surface area contributed by atoms with Crippen LogP contribution >= 0.6 is 0 Å². The quantitative estimate of drug-likeness (QED) is 0.665. The maximum atomic E-state index is 9.08. The number of hydrogen-bond acceptors (Lipinski definition) is 3. The highest BCUT2D eigenvalue weighted by molar-refractivity contribution is 4.78. The molecular weight excluding hydrogens is 188 g/mol. The second-order valence-electron chi connectivity index (χ2n) is 4.82. The van der Waals surface area contributed by atoms with Gasteiger partial charge in [0.2, 0.25) is 0 Å². The molecule has 3 nitrogen and oxygen atoms in total. The van der Waals surface area contributed by atoms with E-state index in [1.54, 1.807) is 0 Å². The number of aliphatic hydroxyl groups is 1. The molecule has 0 bridgehead atoms. The van der Waals surface area contributed by atoms with Gasteiger partial charge in [0.1, 0.15) is 0 Å². The summed E-state index contributed by atoms with van der Waals surface area (Å²) in [5.41, 5.74) is 0. The molecule has 1 unspecified atom stereocenters. The standard InChI is InChI=1S/C12H26N2O/c1-11(9-13-2)10-14(7-8-15)12-5-3-4-6-12/h11-13,15H,3-10H2,1-2H3. The maximum absolute atomic E-state index is 9.08. The van der Waals surface area contributed by atoms with E-state index in [9.17, 15) is 0 Å². The normalized spacial score (nSPS) is 20.0. The zero-order valence-corrected chi connectivity index (χ0v) is 10.2. The Morgan fingerprint density at radius 3 is 2.60 bits per heavy atom. The van der Waals surface area contributed by atoms with Crippen molar-refractivity contribution >= 4 is 0 Å². The number of hydrogen-bond donors (Lipinski definition) is 2. The van der Waals surface area contributed by atoms with Crippen LogP contribution in [0.15, 0.2) is 0 Å². The monoisotopic (exact) mass is 214 g/mol. The molecule has 15 heavy (non-hydrogen) atoms. The molecule has 0 aliphatic heterocycles. The van der Waals surface area contributed by atoms with Crippen molar-refractivity contribution in [1.29, 1.82) is 0 Å². The van der Waals surface area contributed by atoms with Crippen LogP contribution in [-0.4, -0.2) is 49.3 Å². The van der Waals surface area contributed by atoms with Crippen molar-refractivity contribution in [1.82, 2.24) is 10.2 Å². The van der Waals surface area contributed by atoms with Gasteiger partial charge < -0.3 is 10.4 Å². The fourth-order valence-corrected chi connectivity index (χ4v) is 2.63. The maximum Gasteiger partial charge on any atom is 0.0558 e. The summed E-state index contributed by atoms with van der Waals surface area (Å²) in [6, 6.07) is 0.733. The molecule has 3 heteroatoms. The summed E-state index contributed by atoms with van der Waals surface area (Å²) in [5, 5.41) is 12.3. The molecule has 0 radical (unpaired) electrons. The van der Waals surface area contributed by atoms with Crippen molar-refractivity contribution in [3.05, 3.63) is 0 Å². The molecule has 0 amide bonds. The van der Waals surface area contributed by atoms with Crippen LogP contribution in [0, 0.1) is 5.92 Å². The van der Waals surface area contributed by atoms with Gasteiger partial charge in [-0.2, -0.15) is 0 Å². The third kappa shape index (κ3) is 4.49. The molecule has 0 saturated heterocycles. The lowest BCUT2D eigenvalue weighted by molar-refractivity contribution is 0.134. The highest BCUT2D eigenvalue weighted by atomic mass is 16.3. The van der Waals surface area contributed by atoms with Gasteiger partial charge in [0, 0.05) is 19.1 Å². The summed E-state index contributed by atoms with van der Waals surface area (Å²) < 4.78 is 0. The molecule has 0 heterocycles. The Kier molecular flexibility index (Phi) is 6.22. The lowest BCUT2D eigenvalue weighted by atomic mass is 10.1. The lowest BCUT2D eigenvalue weighted by Gasteiger charge is -2.30. The van der Waals surface area contributed by atoms with Gasteiger partial charge in [0.25, 0.3) is 0 Å². The average molecular weight is 214 g/mol. The molecule has 1 fully saturated rings. The number of rotatable bonds is 7. The van der Waals surface area contributed by atoms with Crippen LogP contribution < -0.4 is 5.32 Å². The first-order valence-electron chi connectivity index (χ1n) is 6.27. The van der Waals surface area contributed by atoms with Crippen molar-refractivity contribution in [2.45, 2.75) is 38.6 Å². The minimum absolute atomic E-state index is 0.294. The van der Waals surface area contributed by atoms with E-state index < -0.39 is 0 Å². The second kappa shape index (κ2) is 7.20. The Hall–Kier alpha value is -0.120. The SMILES string of the molecule is CNCC(C)CN(CCO)C1CCCC1. The molecule has 0 aromatic heterocycles. The smallest absolute Gasteiger partial charge is 0.0558 e. The largest absolute Gasteiger partial charge is 0.395 e. The molecule has 1 aliphatic carbocycles. The minimum atomic E-state index is 0.294. The van der Waals surface area contributed by atoms with Crippen LogP contribution in [0.3, 0.4) is 0 Å². The van der Waals surface area contributed by atoms with E-state index in [0.717, 1.165) is 25.7 Å². The van der Waals surface area contributed by atoms with Gasteiger partial charge in [0.05, 0.1) is 6.61 Å². The van der Waals surface area contributed by atoms with Crippen molar-refractivity contribution in [2.75, 3.05) is 33.3 Å². The van der Waals surface area contributed by atoms with Crippen LogP contribution in [0.4, 0.5) is 0 Å².